The van der Waals surface area contributed by atoms with Gasteiger partial charge in [0.2, 0.25) is 0 Å². The molecule has 0 nitrogen and oxygen atoms in total. The molecule has 0 aliphatic carbocycles. The quantitative estimate of drug-likeness (QED) is 0.164. The summed E-state index contributed by atoms with van der Waals surface area (Å²) in [5, 5.41) is 1.04. The van der Waals surface area contributed by atoms with E-state index in [-0.39, 0.29) is 11.1 Å². The first-order valence-corrected chi connectivity index (χ1v) is 11.0. The molecule has 4 aromatic carbocycles. The van der Waals surface area contributed by atoms with Crippen LogP contribution in [0.4, 0.5) is 17.6 Å². The first kappa shape index (κ1) is 23.9. The van der Waals surface area contributed by atoms with Crippen molar-refractivity contribution < 1.29 is 17.6 Å². The van der Waals surface area contributed by atoms with Crippen LogP contribution in [0.25, 0.3) is 10.8 Å². The zero-order chi connectivity index (χ0) is 24.8. The van der Waals surface area contributed by atoms with Crippen LogP contribution in [0.15, 0.2) is 78.9 Å². The van der Waals surface area contributed by atoms with Crippen LogP contribution in [0.1, 0.15) is 41.2 Å². The van der Waals surface area contributed by atoms with Crippen molar-refractivity contribution in [3.05, 3.63) is 130 Å². The molecule has 4 rings (SSSR count). The summed E-state index contributed by atoms with van der Waals surface area (Å²) >= 11 is 0. The molecule has 172 valence electrons. The lowest BCUT2D eigenvalue weighted by atomic mass is 10.1. The molecular weight excluding hydrogens is 448 g/mol. The molecule has 0 amide bonds. The fourth-order valence-electron chi connectivity index (χ4n) is 3.53. The standard InChI is InChI=1S/C31H20F4/c1-2-3-4-5-21-6-11-24(28(32)17-21)13-8-23-9-14-25(29(33)18-23)12-7-22-10-15-26-19-30(34)31(35)20-27(26)16-22/h2-3,6,9-11,14-20H,4-5H2,1H3/b3-2+. The zero-order valence-electron chi connectivity index (χ0n) is 18.9. The van der Waals surface area contributed by atoms with Gasteiger partial charge < -0.3 is 0 Å². The van der Waals surface area contributed by atoms with E-state index in [4.69, 9.17) is 0 Å². The van der Waals surface area contributed by atoms with Gasteiger partial charge >= 0.3 is 0 Å². The van der Waals surface area contributed by atoms with E-state index >= 15 is 0 Å². The van der Waals surface area contributed by atoms with E-state index in [0.29, 0.717) is 21.9 Å². The number of halogens is 4. The van der Waals surface area contributed by atoms with Crippen molar-refractivity contribution in [2.45, 2.75) is 19.8 Å². The van der Waals surface area contributed by atoms with Gasteiger partial charge in [-0.05, 0) is 90.7 Å². The van der Waals surface area contributed by atoms with Gasteiger partial charge in [0.1, 0.15) is 11.6 Å². The van der Waals surface area contributed by atoms with Gasteiger partial charge in [0.25, 0.3) is 0 Å². The molecule has 0 unspecified atom stereocenters. The van der Waals surface area contributed by atoms with Crippen LogP contribution >= 0.6 is 0 Å². The Balaban J connectivity index is 1.51. The van der Waals surface area contributed by atoms with Gasteiger partial charge in [0, 0.05) is 11.1 Å². The Labute approximate surface area is 201 Å². The molecule has 4 aromatic rings. The molecule has 0 N–H and O–H groups in total. The summed E-state index contributed by atoms with van der Waals surface area (Å²) in [5.41, 5.74) is 2.24. The minimum atomic E-state index is -0.939. The molecule has 0 aromatic heterocycles. The van der Waals surface area contributed by atoms with Gasteiger partial charge in [-0.25, -0.2) is 17.6 Å². The average Bonchev–Trinajstić information content (AvgIpc) is 2.84. The van der Waals surface area contributed by atoms with Gasteiger partial charge in [0.05, 0.1) is 11.1 Å². The van der Waals surface area contributed by atoms with Crippen LogP contribution < -0.4 is 0 Å². The summed E-state index contributed by atoms with van der Waals surface area (Å²) in [6, 6.07) is 16.4. The lowest BCUT2D eigenvalue weighted by Crippen LogP contribution is -1.90. The maximum atomic E-state index is 14.6. The van der Waals surface area contributed by atoms with Crippen molar-refractivity contribution in [2.24, 2.45) is 0 Å². The van der Waals surface area contributed by atoms with Gasteiger partial charge in [-0.15, -0.1) is 0 Å². The zero-order valence-corrected chi connectivity index (χ0v) is 18.9. The fourth-order valence-corrected chi connectivity index (χ4v) is 3.53. The Morgan fingerprint density at radius 3 is 1.86 bits per heavy atom. The highest BCUT2D eigenvalue weighted by molar-refractivity contribution is 5.84. The number of allylic oxidation sites excluding steroid dienone is 2. The van der Waals surface area contributed by atoms with Gasteiger partial charge in [-0.1, -0.05) is 48.0 Å². The topological polar surface area (TPSA) is 0 Å². The van der Waals surface area contributed by atoms with Gasteiger partial charge in [-0.3, -0.25) is 0 Å². The maximum Gasteiger partial charge on any atom is 0.159 e. The van der Waals surface area contributed by atoms with Crippen molar-refractivity contribution in [2.75, 3.05) is 0 Å². The molecule has 0 aliphatic heterocycles. The molecular formula is C31H20F4. The Kier molecular flexibility index (Phi) is 7.34. The third kappa shape index (κ3) is 5.99. The van der Waals surface area contributed by atoms with E-state index in [1.54, 1.807) is 30.3 Å². The first-order valence-electron chi connectivity index (χ1n) is 11.0. The smallest absolute Gasteiger partial charge is 0.159 e. The normalized spacial score (nSPS) is 10.7. The molecule has 4 heteroatoms. The lowest BCUT2D eigenvalue weighted by molar-refractivity contribution is 0.511. The number of hydrogen-bond donors (Lipinski definition) is 0. The second-order valence-corrected chi connectivity index (χ2v) is 7.94. The Morgan fingerprint density at radius 1 is 0.600 bits per heavy atom. The van der Waals surface area contributed by atoms with Crippen LogP contribution in [-0.2, 0) is 6.42 Å². The number of hydrogen-bond acceptors (Lipinski definition) is 0. The van der Waals surface area contributed by atoms with Crippen molar-refractivity contribution in [1.29, 1.82) is 0 Å². The van der Waals surface area contributed by atoms with Crippen molar-refractivity contribution >= 4 is 10.8 Å². The predicted octanol–water partition coefficient (Wildman–Crippen LogP) is 7.70. The Morgan fingerprint density at radius 2 is 1.20 bits per heavy atom. The van der Waals surface area contributed by atoms with E-state index in [1.807, 2.05) is 25.1 Å². The largest absolute Gasteiger partial charge is 0.206 e. The molecule has 0 aliphatic rings. The third-order valence-electron chi connectivity index (χ3n) is 5.40. The molecule has 0 radical (unpaired) electrons. The van der Waals surface area contributed by atoms with E-state index in [1.165, 1.54) is 18.2 Å². The lowest BCUT2D eigenvalue weighted by Gasteiger charge is -2.01. The summed E-state index contributed by atoms with van der Waals surface area (Å²) in [5.74, 6) is 8.32. The average molecular weight is 468 g/mol. The number of benzene rings is 4. The molecule has 0 saturated heterocycles. The second-order valence-electron chi connectivity index (χ2n) is 7.94. The summed E-state index contributed by atoms with van der Waals surface area (Å²) in [7, 11) is 0. The third-order valence-corrected chi connectivity index (χ3v) is 5.40. The van der Waals surface area contributed by atoms with Crippen molar-refractivity contribution in [3.63, 3.8) is 0 Å². The van der Waals surface area contributed by atoms with E-state index < -0.39 is 23.3 Å². The number of aryl methyl sites for hydroxylation is 1. The summed E-state index contributed by atoms with van der Waals surface area (Å²) in [4.78, 5) is 0. The molecule has 0 fully saturated rings. The van der Waals surface area contributed by atoms with Crippen LogP contribution in [0.3, 0.4) is 0 Å². The molecule has 0 bridgehead atoms. The molecule has 0 atom stereocenters. The monoisotopic (exact) mass is 468 g/mol. The highest BCUT2D eigenvalue weighted by atomic mass is 19.2. The molecule has 0 heterocycles. The van der Waals surface area contributed by atoms with E-state index in [9.17, 15) is 17.6 Å². The van der Waals surface area contributed by atoms with Gasteiger partial charge in [-0.2, -0.15) is 0 Å². The highest BCUT2D eigenvalue weighted by Gasteiger charge is 2.05. The van der Waals surface area contributed by atoms with E-state index in [2.05, 4.69) is 23.7 Å². The second kappa shape index (κ2) is 10.8. The highest BCUT2D eigenvalue weighted by Crippen LogP contribution is 2.20. The predicted molar refractivity (Wildman–Crippen MR) is 132 cm³/mol. The Bertz CT molecular complexity index is 1560. The first-order chi connectivity index (χ1) is 16.9. The van der Waals surface area contributed by atoms with E-state index in [0.717, 1.165) is 30.5 Å². The number of fused-ring (bicyclic) bond motifs is 1. The minimum Gasteiger partial charge on any atom is -0.206 e. The number of rotatable bonds is 3. The fraction of sp³-hybridized carbons (Fsp3) is 0.0968. The van der Waals surface area contributed by atoms with Crippen LogP contribution in [-0.4, -0.2) is 0 Å². The summed E-state index contributed by atoms with van der Waals surface area (Å²) in [6.45, 7) is 1.94. The Hall–Kier alpha value is -4.28. The van der Waals surface area contributed by atoms with Crippen LogP contribution in [0.5, 0.6) is 0 Å². The summed E-state index contributed by atoms with van der Waals surface area (Å²) < 4.78 is 55.8. The van der Waals surface area contributed by atoms with Crippen molar-refractivity contribution in [3.8, 4) is 23.7 Å². The van der Waals surface area contributed by atoms with Crippen LogP contribution in [0, 0.1) is 47.0 Å². The SMILES string of the molecule is C/C=C/CCc1ccc(C#Cc2ccc(C#Cc3ccc4cc(F)c(F)cc4c3)c(F)c2)c(F)c1. The molecule has 0 saturated carbocycles. The van der Waals surface area contributed by atoms with Crippen LogP contribution in [0.2, 0.25) is 0 Å². The molecule has 0 spiro atoms. The van der Waals surface area contributed by atoms with Gasteiger partial charge in [0.15, 0.2) is 11.6 Å². The maximum absolute atomic E-state index is 14.6. The minimum absolute atomic E-state index is 0.164. The molecule has 35 heavy (non-hydrogen) atoms. The van der Waals surface area contributed by atoms with Crippen molar-refractivity contribution in [1.82, 2.24) is 0 Å². The summed E-state index contributed by atoms with van der Waals surface area (Å²) in [6.07, 6.45) is 5.58.